The highest BCUT2D eigenvalue weighted by molar-refractivity contribution is 7.92. The lowest BCUT2D eigenvalue weighted by Gasteiger charge is -2.29. The summed E-state index contributed by atoms with van der Waals surface area (Å²) in [5, 5.41) is 9.88. The Morgan fingerprint density at radius 1 is 1.03 bits per heavy atom. The maximum Gasteiger partial charge on any atom is 0.258 e. The molecule has 2 aromatic carbocycles. The van der Waals surface area contributed by atoms with E-state index in [0.29, 0.717) is 24.2 Å². The smallest absolute Gasteiger partial charge is 0.258 e. The molecule has 172 valence electrons. The molecule has 4 rings (SSSR count). The molecule has 7 nitrogen and oxygen atoms in total. The second-order valence-corrected chi connectivity index (χ2v) is 11.1. The van der Waals surface area contributed by atoms with Crippen LogP contribution in [0, 0.1) is 0 Å². The summed E-state index contributed by atoms with van der Waals surface area (Å²) >= 11 is 0. The number of rotatable bonds is 4. The molecule has 33 heavy (non-hydrogen) atoms. The lowest BCUT2D eigenvalue weighted by atomic mass is 9.86. The van der Waals surface area contributed by atoms with Crippen LogP contribution in [0.5, 0.6) is 5.88 Å². The van der Waals surface area contributed by atoms with Gasteiger partial charge in [0.2, 0.25) is 15.9 Å². The van der Waals surface area contributed by atoms with E-state index in [1.807, 2.05) is 12.1 Å². The average Bonchev–Trinajstić information content (AvgIpc) is 2.74. The van der Waals surface area contributed by atoms with Gasteiger partial charge in [-0.3, -0.25) is 9.52 Å². The van der Waals surface area contributed by atoms with E-state index in [9.17, 15) is 18.3 Å². The number of carbonyl (C=O) groups is 1. The fraction of sp³-hybridized carbons (Fsp3) is 0.280. The van der Waals surface area contributed by atoms with Gasteiger partial charge < -0.3 is 10.0 Å². The van der Waals surface area contributed by atoms with E-state index in [4.69, 9.17) is 0 Å². The van der Waals surface area contributed by atoms with Crippen molar-refractivity contribution in [1.82, 2.24) is 4.98 Å². The zero-order chi connectivity index (χ0) is 24.0. The standard InChI is InChI=1S/C25H27N3O4S/c1-25(2,3)19-8-5-16(6-9-19)17-7-10-21-18(13-17)11-12-28(24(21)30)20-14-22(23(29)26-15-20)27-33(4,31)32/h5-10,13-15,27H,11-12H2,1-4H3,(H,26,29). The van der Waals surface area contributed by atoms with Gasteiger partial charge in [0, 0.05) is 12.1 Å². The van der Waals surface area contributed by atoms with Crippen molar-refractivity contribution in [3.05, 3.63) is 71.4 Å². The predicted molar refractivity (Wildman–Crippen MR) is 130 cm³/mol. The molecular formula is C25H27N3O4S. The number of nitrogens with zero attached hydrogens (tertiary/aromatic N) is 2. The fourth-order valence-corrected chi connectivity index (χ4v) is 4.50. The highest BCUT2D eigenvalue weighted by atomic mass is 32.2. The molecule has 0 fully saturated rings. The largest absolute Gasteiger partial charge is 0.492 e. The van der Waals surface area contributed by atoms with Crippen molar-refractivity contribution in [2.75, 3.05) is 22.4 Å². The maximum atomic E-state index is 13.2. The molecule has 0 spiro atoms. The van der Waals surface area contributed by atoms with Gasteiger partial charge in [-0.25, -0.2) is 13.4 Å². The minimum absolute atomic E-state index is 0.0670. The van der Waals surface area contributed by atoms with Crippen LogP contribution in [0.15, 0.2) is 54.7 Å². The van der Waals surface area contributed by atoms with Crippen LogP contribution >= 0.6 is 0 Å². The first-order valence-corrected chi connectivity index (χ1v) is 12.5. The number of nitrogens with one attached hydrogen (secondary N) is 1. The highest BCUT2D eigenvalue weighted by Gasteiger charge is 2.27. The molecule has 0 radical (unpaired) electrons. The molecule has 2 N–H and O–H groups in total. The molecule has 8 heteroatoms. The first kappa shape index (κ1) is 22.8. The second kappa shape index (κ2) is 8.19. The zero-order valence-corrected chi connectivity index (χ0v) is 19.9. The number of hydrogen-bond donors (Lipinski definition) is 2. The molecule has 0 atom stereocenters. The van der Waals surface area contributed by atoms with Crippen LogP contribution < -0.4 is 9.62 Å². The van der Waals surface area contributed by atoms with E-state index < -0.39 is 15.9 Å². The van der Waals surface area contributed by atoms with E-state index in [1.54, 1.807) is 4.90 Å². The van der Waals surface area contributed by atoms with Crippen molar-refractivity contribution in [2.45, 2.75) is 32.6 Å². The number of amides is 1. The SMILES string of the molecule is CC(C)(C)c1ccc(-c2ccc3c(c2)CCN(c2cnc(O)c(NS(C)(=O)=O)c2)C3=O)cc1. The third-order valence-corrected chi connectivity index (χ3v) is 6.32. The van der Waals surface area contributed by atoms with Crippen molar-refractivity contribution < 1.29 is 18.3 Å². The molecule has 1 aromatic heterocycles. The number of fused-ring (bicyclic) bond motifs is 1. The Kier molecular flexibility index (Phi) is 5.66. The molecule has 1 aliphatic heterocycles. The first-order valence-electron chi connectivity index (χ1n) is 10.6. The average molecular weight is 466 g/mol. The molecule has 0 saturated heterocycles. The predicted octanol–water partition coefficient (Wildman–Crippen LogP) is 4.33. The number of hydrogen-bond acceptors (Lipinski definition) is 5. The number of sulfonamides is 1. The number of carbonyl (C=O) groups excluding carboxylic acids is 1. The van der Waals surface area contributed by atoms with Crippen LogP contribution in [-0.2, 0) is 21.9 Å². The Balaban J connectivity index is 1.61. The Morgan fingerprint density at radius 2 is 1.70 bits per heavy atom. The van der Waals surface area contributed by atoms with E-state index in [1.165, 1.54) is 17.8 Å². The lowest BCUT2D eigenvalue weighted by Crippen LogP contribution is -2.37. The number of aromatic nitrogens is 1. The van der Waals surface area contributed by atoms with Gasteiger partial charge in [-0.05, 0) is 46.2 Å². The summed E-state index contributed by atoms with van der Waals surface area (Å²) in [5.74, 6) is -0.639. The third kappa shape index (κ3) is 4.85. The number of benzene rings is 2. The normalized spacial score (nSPS) is 14.2. The van der Waals surface area contributed by atoms with E-state index >= 15 is 0 Å². The monoisotopic (exact) mass is 465 g/mol. The Morgan fingerprint density at radius 3 is 2.33 bits per heavy atom. The molecule has 0 unspecified atom stereocenters. The van der Waals surface area contributed by atoms with Crippen molar-refractivity contribution in [3.63, 3.8) is 0 Å². The van der Waals surface area contributed by atoms with Gasteiger partial charge in [0.1, 0.15) is 5.69 Å². The van der Waals surface area contributed by atoms with Gasteiger partial charge in [0.25, 0.3) is 5.91 Å². The van der Waals surface area contributed by atoms with Gasteiger partial charge in [-0.15, -0.1) is 0 Å². The van der Waals surface area contributed by atoms with E-state index in [2.05, 4.69) is 60.8 Å². The molecule has 1 aliphatic rings. The lowest BCUT2D eigenvalue weighted by molar-refractivity contribution is 0.0980. The van der Waals surface area contributed by atoms with Crippen LogP contribution in [0.25, 0.3) is 11.1 Å². The molecule has 0 aliphatic carbocycles. The van der Waals surface area contributed by atoms with Gasteiger partial charge in [-0.2, -0.15) is 0 Å². The van der Waals surface area contributed by atoms with Crippen LogP contribution in [-0.4, -0.2) is 37.2 Å². The second-order valence-electron chi connectivity index (χ2n) is 9.34. The summed E-state index contributed by atoms with van der Waals surface area (Å²) in [7, 11) is -3.60. The quantitative estimate of drug-likeness (QED) is 0.598. The Labute approximate surface area is 194 Å². The van der Waals surface area contributed by atoms with Gasteiger partial charge >= 0.3 is 0 Å². The van der Waals surface area contributed by atoms with Crippen LogP contribution in [0.1, 0.15) is 42.3 Å². The fourth-order valence-electron chi connectivity index (χ4n) is 3.95. The van der Waals surface area contributed by atoms with Crippen LogP contribution in [0.2, 0.25) is 0 Å². The first-order chi connectivity index (χ1) is 15.4. The molecule has 3 aromatic rings. The molecular weight excluding hydrogens is 438 g/mol. The van der Waals surface area contributed by atoms with Crippen molar-refractivity contribution in [1.29, 1.82) is 0 Å². The van der Waals surface area contributed by atoms with Gasteiger partial charge in [0.15, 0.2) is 0 Å². The summed E-state index contributed by atoms with van der Waals surface area (Å²) in [5.41, 5.74) is 5.42. The van der Waals surface area contributed by atoms with Crippen molar-refractivity contribution in [3.8, 4) is 17.0 Å². The molecule has 0 bridgehead atoms. The van der Waals surface area contributed by atoms with Gasteiger partial charge in [0.05, 0.1) is 18.1 Å². The third-order valence-electron chi connectivity index (χ3n) is 5.73. The number of aromatic hydroxyl groups is 1. The summed E-state index contributed by atoms with van der Waals surface area (Å²) in [6, 6.07) is 15.7. The zero-order valence-electron chi connectivity index (χ0n) is 19.1. The van der Waals surface area contributed by atoms with Crippen LogP contribution in [0.4, 0.5) is 11.4 Å². The van der Waals surface area contributed by atoms with E-state index in [-0.39, 0.29) is 17.0 Å². The Hall–Kier alpha value is -3.39. The molecule has 0 saturated carbocycles. The molecule has 2 heterocycles. The maximum absolute atomic E-state index is 13.2. The van der Waals surface area contributed by atoms with Crippen molar-refractivity contribution >= 4 is 27.3 Å². The summed E-state index contributed by atoms with van der Waals surface area (Å²) in [6.45, 7) is 6.97. The summed E-state index contributed by atoms with van der Waals surface area (Å²) in [4.78, 5) is 18.6. The van der Waals surface area contributed by atoms with Gasteiger partial charge in [-0.1, -0.05) is 57.2 Å². The summed E-state index contributed by atoms with van der Waals surface area (Å²) < 4.78 is 25.3. The topological polar surface area (TPSA) is 99.6 Å². The van der Waals surface area contributed by atoms with E-state index in [0.717, 1.165) is 22.9 Å². The Bertz CT molecular complexity index is 1330. The van der Waals surface area contributed by atoms with Crippen LogP contribution in [0.3, 0.4) is 0 Å². The minimum Gasteiger partial charge on any atom is -0.492 e. The summed E-state index contributed by atoms with van der Waals surface area (Å²) in [6.07, 6.45) is 2.98. The highest BCUT2D eigenvalue weighted by Crippen LogP contribution is 2.32. The number of anilines is 2. The molecule has 1 amide bonds. The van der Waals surface area contributed by atoms with Crippen molar-refractivity contribution in [2.24, 2.45) is 0 Å². The number of pyridine rings is 1. The minimum atomic E-state index is -3.60.